The van der Waals surface area contributed by atoms with Crippen molar-refractivity contribution in [2.24, 2.45) is 11.1 Å². The second kappa shape index (κ2) is 5.90. The Morgan fingerprint density at radius 3 is 2.43 bits per heavy atom. The van der Waals surface area contributed by atoms with Gasteiger partial charge < -0.3 is 15.6 Å². The van der Waals surface area contributed by atoms with Crippen molar-refractivity contribution in [3.05, 3.63) is 35.1 Å². The molecule has 0 spiro atoms. The molecule has 118 valence electrons. The first-order chi connectivity index (χ1) is 9.80. The Kier molecular flexibility index (Phi) is 4.55. The highest BCUT2D eigenvalue weighted by Gasteiger charge is 2.43. The van der Waals surface area contributed by atoms with Crippen LogP contribution in [0.15, 0.2) is 18.2 Å². The van der Waals surface area contributed by atoms with E-state index in [0.29, 0.717) is 32.1 Å². The first-order valence-corrected chi connectivity index (χ1v) is 6.63. The van der Waals surface area contributed by atoms with E-state index in [1.54, 1.807) is 0 Å². The fourth-order valence-electron chi connectivity index (χ4n) is 2.71. The minimum absolute atomic E-state index is 0.0339. The van der Waals surface area contributed by atoms with Gasteiger partial charge in [0, 0.05) is 25.2 Å². The molecule has 3 nitrogen and oxygen atoms in total. The molecule has 2 rings (SSSR count). The first kappa shape index (κ1) is 16.2. The van der Waals surface area contributed by atoms with Gasteiger partial charge >= 0.3 is 6.18 Å². The van der Waals surface area contributed by atoms with E-state index >= 15 is 0 Å². The number of aliphatic hydroxyl groups is 1. The molecule has 0 aliphatic carbocycles. The zero-order valence-corrected chi connectivity index (χ0v) is 11.3. The quantitative estimate of drug-likeness (QED) is 0.844. The van der Waals surface area contributed by atoms with Crippen LogP contribution in [0.5, 0.6) is 0 Å². The van der Waals surface area contributed by atoms with E-state index in [4.69, 9.17) is 10.5 Å². The fourth-order valence-corrected chi connectivity index (χ4v) is 2.71. The minimum atomic E-state index is -4.74. The van der Waals surface area contributed by atoms with Crippen LogP contribution in [0.2, 0.25) is 0 Å². The monoisotopic (exact) mass is 307 g/mol. The van der Waals surface area contributed by atoms with Gasteiger partial charge in [-0.15, -0.1) is 0 Å². The van der Waals surface area contributed by atoms with Crippen LogP contribution >= 0.6 is 0 Å². The standard InChI is InChI=1S/C14H17F4NO2/c15-9-1-2-10(11(7-9)14(16,17)18)12(20)13(8-19)3-5-21-6-4-13/h1-2,7,12,20H,3-6,8,19H2. The summed E-state index contributed by atoms with van der Waals surface area (Å²) in [5.41, 5.74) is 3.32. The zero-order valence-electron chi connectivity index (χ0n) is 11.3. The van der Waals surface area contributed by atoms with Crippen LogP contribution in [0.1, 0.15) is 30.1 Å². The normalized spacial score (nSPS) is 20.3. The summed E-state index contributed by atoms with van der Waals surface area (Å²) in [6.45, 7) is 0.694. The maximum Gasteiger partial charge on any atom is 0.416 e. The van der Waals surface area contributed by atoms with Gasteiger partial charge in [0.25, 0.3) is 0 Å². The van der Waals surface area contributed by atoms with Gasteiger partial charge in [-0.25, -0.2) is 4.39 Å². The van der Waals surface area contributed by atoms with E-state index in [-0.39, 0.29) is 12.1 Å². The van der Waals surface area contributed by atoms with Crippen molar-refractivity contribution in [1.29, 1.82) is 0 Å². The van der Waals surface area contributed by atoms with Crippen LogP contribution in [-0.4, -0.2) is 24.9 Å². The summed E-state index contributed by atoms with van der Waals surface area (Å²) in [5, 5.41) is 10.5. The number of alkyl halides is 3. The van der Waals surface area contributed by atoms with Crippen molar-refractivity contribution < 1.29 is 27.4 Å². The van der Waals surface area contributed by atoms with Gasteiger partial charge in [0.2, 0.25) is 0 Å². The molecule has 1 aromatic carbocycles. The van der Waals surface area contributed by atoms with Gasteiger partial charge in [-0.2, -0.15) is 13.2 Å². The molecule has 1 aliphatic heterocycles. The highest BCUT2D eigenvalue weighted by molar-refractivity contribution is 5.33. The van der Waals surface area contributed by atoms with Crippen molar-refractivity contribution in [2.45, 2.75) is 25.1 Å². The van der Waals surface area contributed by atoms with Crippen LogP contribution in [0.3, 0.4) is 0 Å². The van der Waals surface area contributed by atoms with Gasteiger partial charge in [-0.3, -0.25) is 0 Å². The molecule has 21 heavy (non-hydrogen) atoms. The van der Waals surface area contributed by atoms with Crippen molar-refractivity contribution in [1.82, 2.24) is 0 Å². The summed E-state index contributed by atoms with van der Waals surface area (Å²) in [5.74, 6) is -0.993. The van der Waals surface area contributed by atoms with E-state index in [2.05, 4.69) is 0 Å². The summed E-state index contributed by atoms with van der Waals surface area (Å²) < 4.78 is 57.5. The molecule has 1 aromatic rings. The predicted octanol–water partition coefficient (Wildman–Crippen LogP) is 2.63. The lowest BCUT2D eigenvalue weighted by Gasteiger charge is -2.40. The molecule has 1 fully saturated rings. The second-order valence-electron chi connectivity index (χ2n) is 5.31. The third-order valence-corrected chi connectivity index (χ3v) is 4.09. The molecule has 0 radical (unpaired) electrons. The molecule has 3 N–H and O–H groups in total. The van der Waals surface area contributed by atoms with E-state index < -0.39 is 29.1 Å². The maximum atomic E-state index is 13.1. The fraction of sp³-hybridized carbons (Fsp3) is 0.571. The molecular weight excluding hydrogens is 290 g/mol. The predicted molar refractivity (Wildman–Crippen MR) is 67.9 cm³/mol. The highest BCUT2D eigenvalue weighted by atomic mass is 19.4. The van der Waals surface area contributed by atoms with Gasteiger partial charge in [0.05, 0.1) is 11.7 Å². The molecule has 0 amide bonds. The lowest BCUT2D eigenvalue weighted by Crippen LogP contribution is -2.42. The smallest absolute Gasteiger partial charge is 0.388 e. The Morgan fingerprint density at radius 1 is 1.29 bits per heavy atom. The number of nitrogens with two attached hydrogens (primary N) is 1. The first-order valence-electron chi connectivity index (χ1n) is 6.63. The zero-order chi connectivity index (χ0) is 15.7. The average Bonchev–Trinajstić information content (AvgIpc) is 2.46. The maximum absolute atomic E-state index is 13.1. The Balaban J connectivity index is 2.45. The number of benzene rings is 1. The van der Waals surface area contributed by atoms with E-state index in [0.717, 1.165) is 12.1 Å². The lowest BCUT2D eigenvalue weighted by molar-refractivity contribution is -0.141. The number of rotatable bonds is 3. The molecule has 1 aliphatic rings. The largest absolute Gasteiger partial charge is 0.416 e. The number of halogens is 4. The van der Waals surface area contributed by atoms with E-state index in [1.165, 1.54) is 0 Å². The lowest BCUT2D eigenvalue weighted by atomic mass is 9.72. The van der Waals surface area contributed by atoms with Gasteiger partial charge in [0.1, 0.15) is 5.82 Å². The highest BCUT2D eigenvalue weighted by Crippen LogP contribution is 2.45. The number of aliphatic hydroxyl groups excluding tert-OH is 1. The molecule has 1 heterocycles. The second-order valence-corrected chi connectivity index (χ2v) is 5.31. The molecule has 0 bridgehead atoms. The summed E-state index contributed by atoms with van der Waals surface area (Å²) in [7, 11) is 0. The molecule has 0 aromatic heterocycles. The van der Waals surface area contributed by atoms with Crippen molar-refractivity contribution in [2.75, 3.05) is 19.8 Å². The summed E-state index contributed by atoms with van der Waals surface area (Å²) >= 11 is 0. The number of hydrogen-bond donors (Lipinski definition) is 2. The van der Waals surface area contributed by atoms with Crippen LogP contribution in [0.4, 0.5) is 17.6 Å². The topological polar surface area (TPSA) is 55.5 Å². The van der Waals surface area contributed by atoms with E-state index in [9.17, 15) is 22.7 Å². The molecular formula is C14H17F4NO2. The molecule has 0 saturated carbocycles. The summed E-state index contributed by atoms with van der Waals surface area (Å²) in [4.78, 5) is 0. The third kappa shape index (κ3) is 3.20. The Labute approximate surface area is 119 Å². The summed E-state index contributed by atoms with van der Waals surface area (Å²) in [6.07, 6.45) is -5.43. The van der Waals surface area contributed by atoms with E-state index in [1.807, 2.05) is 0 Å². The Hall–Kier alpha value is -1.18. The minimum Gasteiger partial charge on any atom is -0.388 e. The SMILES string of the molecule is NCC1(C(O)c2ccc(F)cc2C(F)(F)F)CCOCC1. The molecule has 1 unspecified atom stereocenters. The molecule has 1 saturated heterocycles. The van der Waals surface area contributed by atoms with Crippen LogP contribution in [0.25, 0.3) is 0 Å². The number of hydrogen-bond acceptors (Lipinski definition) is 3. The van der Waals surface area contributed by atoms with Gasteiger partial charge in [-0.1, -0.05) is 6.07 Å². The molecule has 1 atom stereocenters. The Bertz CT molecular complexity index is 498. The van der Waals surface area contributed by atoms with Crippen LogP contribution in [0, 0.1) is 11.2 Å². The van der Waals surface area contributed by atoms with Crippen LogP contribution in [-0.2, 0) is 10.9 Å². The molecule has 7 heteroatoms. The van der Waals surface area contributed by atoms with Gasteiger partial charge in [-0.05, 0) is 30.5 Å². The van der Waals surface area contributed by atoms with Gasteiger partial charge in [0.15, 0.2) is 0 Å². The third-order valence-electron chi connectivity index (χ3n) is 4.09. The van der Waals surface area contributed by atoms with Crippen LogP contribution < -0.4 is 5.73 Å². The van der Waals surface area contributed by atoms with Crippen molar-refractivity contribution in [3.8, 4) is 0 Å². The van der Waals surface area contributed by atoms with Crippen molar-refractivity contribution >= 4 is 0 Å². The summed E-state index contributed by atoms with van der Waals surface area (Å²) in [6, 6.07) is 2.30. The average molecular weight is 307 g/mol. The van der Waals surface area contributed by atoms with Crippen molar-refractivity contribution in [3.63, 3.8) is 0 Å². The number of ether oxygens (including phenoxy) is 1. The Morgan fingerprint density at radius 2 is 1.90 bits per heavy atom.